The maximum absolute atomic E-state index is 6.11. The first-order valence-electron chi connectivity index (χ1n) is 5.41. The van der Waals surface area contributed by atoms with E-state index in [1.807, 2.05) is 12.3 Å². The Bertz CT molecular complexity index is 508. The molecule has 1 N–H and O–H groups in total. The van der Waals surface area contributed by atoms with Crippen LogP contribution in [0.25, 0.3) is 5.69 Å². The van der Waals surface area contributed by atoms with Gasteiger partial charge in [-0.2, -0.15) is 5.10 Å². The third-order valence-electron chi connectivity index (χ3n) is 2.36. The van der Waals surface area contributed by atoms with Gasteiger partial charge in [-0.05, 0) is 30.8 Å². The maximum atomic E-state index is 6.11. The van der Waals surface area contributed by atoms with Crippen LogP contribution in [0.2, 0.25) is 10.0 Å². The molecule has 1 heterocycles. The SMILES string of the molecule is CCNCc1ccn(-c2cc(Cl)ccc2Cl)n1. The molecule has 0 bridgehead atoms. The number of benzene rings is 1. The van der Waals surface area contributed by atoms with Gasteiger partial charge in [-0.1, -0.05) is 30.1 Å². The summed E-state index contributed by atoms with van der Waals surface area (Å²) in [7, 11) is 0. The quantitative estimate of drug-likeness (QED) is 0.923. The Morgan fingerprint density at radius 1 is 1.29 bits per heavy atom. The molecule has 0 spiro atoms. The van der Waals surface area contributed by atoms with Crippen LogP contribution in [0.5, 0.6) is 0 Å². The lowest BCUT2D eigenvalue weighted by atomic mass is 10.3. The molecule has 90 valence electrons. The van der Waals surface area contributed by atoms with E-state index < -0.39 is 0 Å². The topological polar surface area (TPSA) is 29.9 Å². The van der Waals surface area contributed by atoms with Crippen LogP contribution < -0.4 is 5.32 Å². The van der Waals surface area contributed by atoms with Gasteiger partial charge in [0.15, 0.2) is 0 Å². The monoisotopic (exact) mass is 269 g/mol. The molecule has 1 aromatic heterocycles. The van der Waals surface area contributed by atoms with E-state index in [-0.39, 0.29) is 0 Å². The zero-order valence-corrected chi connectivity index (χ0v) is 11.0. The Balaban J connectivity index is 2.27. The first-order valence-corrected chi connectivity index (χ1v) is 6.17. The Hall–Kier alpha value is -1.03. The zero-order valence-electron chi connectivity index (χ0n) is 9.45. The fourth-order valence-electron chi connectivity index (χ4n) is 1.50. The minimum Gasteiger partial charge on any atom is -0.311 e. The van der Waals surface area contributed by atoms with E-state index in [0.717, 1.165) is 24.5 Å². The van der Waals surface area contributed by atoms with Crippen LogP contribution in [0, 0.1) is 0 Å². The summed E-state index contributed by atoms with van der Waals surface area (Å²) in [5.41, 5.74) is 1.77. The Morgan fingerprint density at radius 3 is 2.88 bits per heavy atom. The third kappa shape index (κ3) is 3.00. The maximum Gasteiger partial charge on any atom is 0.0846 e. The summed E-state index contributed by atoms with van der Waals surface area (Å²) >= 11 is 12.1. The highest BCUT2D eigenvalue weighted by molar-refractivity contribution is 6.34. The second-order valence-corrected chi connectivity index (χ2v) is 4.47. The molecule has 0 aliphatic rings. The van der Waals surface area contributed by atoms with E-state index >= 15 is 0 Å². The normalized spacial score (nSPS) is 10.8. The molecule has 0 radical (unpaired) electrons. The van der Waals surface area contributed by atoms with Crippen molar-refractivity contribution in [1.29, 1.82) is 0 Å². The first kappa shape index (κ1) is 12.4. The molecule has 0 unspecified atom stereocenters. The van der Waals surface area contributed by atoms with Crippen molar-refractivity contribution >= 4 is 23.2 Å². The first-order chi connectivity index (χ1) is 8.20. The van der Waals surface area contributed by atoms with Gasteiger partial charge in [0.1, 0.15) is 0 Å². The molecule has 0 saturated carbocycles. The second-order valence-electron chi connectivity index (χ2n) is 3.63. The van der Waals surface area contributed by atoms with Crippen molar-refractivity contribution in [3.05, 3.63) is 46.2 Å². The van der Waals surface area contributed by atoms with Crippen molar-refractivity contribution in [3.63, 3.8) is 0 Å². The predicted molar refractivity (Wildman–Crippen MR) is 71.0 cm³/mol. The van der Waals surface area contributed by atoms with Gasteiger partial charge in [-0.15, -0.1) is 0 Å². The molecule has 0 saturated heterocycles. The van der Waals surface area contributed by atoms with Crippen molar-refractivity contribution in [3.8, 4) is 5.69 Å². The average molecular weight is 270 g/mol. The van der Waals surface area contributed by atoms with E-state index in [4.69, 9.17) is 23.2 Å². The number of rotatable bonds is 4. The fraction of sp³-hybridized carbons (Fsp3) is 0.250. The number of hydrogen-bond donors (Lipinski definition) is 1. The molecule has 2 rings (SSSR count). The van der Waals surface area contributed by atoms with Crippen molar-refractivity contribution in [2.24, 2.45) is 0 Å². The van der Waals surface area contributed by atoms with E-state index in [1.54, 1.807) is 22.9 Å². The lowest BCUT2D eigenvalue weighted by molar-refractivity contribution is 0.696. The van der Waals surface area contributed by atoms with Gasteiger partial charge in [0.05, 0.1) is 16.4 Å². The van der Waals surface area contributed by atoms with Crippen molar-refractivity contribution in [1.82, 2.24) is 15.1 Å². The highest BCUT2D eigenvalue weighted by atomic mass is 35.5. The Kier molecular flexibility index (Phi) is 4.05. The van der Waals surface area contributed by atoms with Crippen molar-refractivity contribution in [2.45, 2.75) is 13.5 Å². The molecule has 0 fully saturated rings. The molecule has 17 heavy (non-hydrogen) atoms. The second kappa shape index (κ2) is 5.54. The molecular formula is C12H13Cl2N3. The van der Waals surface area contributed by atoms with Gasteiger partial charge in [0.25, 0.3) is 0 Å². The minimum atomic E-state index is 0.632. The molecule has 0 amide bonds. The van der Waals surface area contributed by atoms with Crippen LogP contribution in [0.3, 0.4) is 0 Å². The summed E-state index contributed by atoms with van der Waals surface area (Å²) in [5.74, 6) is 0. The average Bonchev–Trinajstić information content (AvgIpc) is 2.78. The van der Waals surface area contributed by atoms with Crippen LogP contribution in [0.15, 0.2) is 30.5 Å². The summed E-state index contributed by atoms with van der Waals surface area (Å²) in [6.45, 7) is 3.73. The molecule has 1 aromatic carbocycles. The van der Waals surface area contributed by atoms with E-state index in [0.29, 0.717) is 10.0 Å². The number of nitrogens with one attached hydrogen (secondary N) is 1. The lowest BCUT2D eigenvalue weighted by Crippen LogP contribution is -2.12. The smallest absolute Gasteiger partial charge is 0.0846 e. The largest absolute Gasteiger partial charge is 0.311 e. The molecule has 3 nitrogen and oxygen atoms in total. The van der Waals surface area contributed by atoms with Crippen LogP contribution >= 0.6 is 23.2 Å². The van der Waals surface area contributed by atoms with Crippen molar-refractivity contribution < 1.29 is 0 Å². The summed E-state index contributed by atoms with van der Waals surface area (Å²) in [4.78, 5) is 0. The van der Waals surface area contributed by atoms with Gasteiger partial charge in [-0.3, -0.25) is 0 Å². The summed E-state index contributed by atoms with van der Waals surface area (Å²) in [6.07, 6.45) is 1.88. The van der Waals surface area contributed by atoms with Gasteiger partial charge in [0, 0.05) is 17.8 Å². The van der Waals surface area contributed by atoms with Crippen molar-refractivity contribution in [2.75, 3.05) is 6.54 Å². The molecule has 5 heteroatoms. The summed E-state index contributed by atoms with van der Waals surface area (Å²) in [6, 6.07) is 7.29. The van der Waals surface area contributed by atoms with Gasteiger partial charge in [-0.25, -0.2) is 4.68 Å². The molecule has 2 aromatic rings. The minimum absolute atomic E-state index is 0.632. The van der Waals surface area contributed by atoms with E-state index in [1.165, 1.54) is 0 Å². The van der Waals surface area contributed by atoms with Crippen LogP contribution in [0.4, 0.5) is 0 Å². The van der Waals surface area contributed by atoms with Gasteiger partial charge >= 0.3 is 0 Å². The third-order valence-corrected chi connectivity index (χ3v) is 2.91. The van der Waals surface area contributed by atoms with Crippen LogP contribution in [-0.2, 0) is 6.54 Å². The van der Waals surface area contributed by atoms with Gasteiger partial charge < -0.3 is 5.32 Å². The number of nitrogens with zero attached hydrogens (tertiary/aromatic N) is 2. The standard InChI is InChI=1S/C12H13Cl2N3/c1-2-15-8-10-5-6-17(16-10)12-7-9(13)3-4-11(12)14/h3-7,15H,2,8H2,1H3. The van der Waals surface area contributed by atoms with Crippen LogP contribution in [-0.4, -0.2) is 16.3 Å². The number of hydrogen-bond acceptors (Lipinski definition) is 2. The highest BCUT2D eigenvalue weighted by Gasteiger charge is 2.05. The Morgan fingerprint density at radius 2 is 2.12 bits per heavy atom. The molecule has 0 aliphatic carbocycles. The molecule has 0 atom stereocenters. The molecule has 0 aliphatic heterocycles. The summed E-state index contributed by atoms with van der Waals surface area (Å²) in [5, 5.41) is 8.93. The molecular weight excluding hydrogens is 257 g/mol. The Labute approximate surface area is 110 Å². The predicted octanol–water partition coefficient (Wildman–Crippen LogP) is 3.29. The number of halogens is 2. The van der Waals surface area contributed by atoms with Crippen LogP contribution in [0.1, 0.15) is 12.6 Å². The van der Waals surface area contributed by atoms with E-state index in [9.17, 15) is 0 Å². The zero-order chi connectivity index (χ0) is 12.3. The van der Waals surface area contributed by atoms with E-state index in [2.05, 4.69) is 17.3 Å². The fourth-order valence-corrected chi connectivity index (χ4v) is 1.88. The highest BCUT2D eigenvalue weighted by Crippen LogP contribution is 2.23. The number of aromatic nitrogens is 2. The lowest BCUT2D eigenvalue weighted by Gasteiger charge is -2.04. The van der Waals surface area contributed by atoms with Gasteiger partial charge in [0.2, 0.25) is 0 Å². The summed E-state index contributed by atoms with van der Waals surface area (Å²) < 4.78 is 1.74.